The molecule has 31 heavy (non-hydrogen) atoms. The molecule has 2 saturated heterocycles. The molecule has 3 fully saturated rings. The summed E-state index contributed by atoms with van der Waals surface area (Å²) in [6.45, 7) is 5.21. The van der Waals surface area contributed by atoms with E-state index in [4.69, 9.17) is 14.2 Å². The van der Waals surface area contributed by atoms with Gasteiger partial charge in [-0.25, -0.2) is 4.90 Å². The average Bonchev–Trinajstić information content (AvgIpc) is 3.04. The van der Waals surface area contributed by atoms with Gasteiger partial charge in [-0.2, -0.15) is 0 Å². The Morgan fingerprint density at radius 1 is 0.839 bits per heavy atom. The minimum Gasteiger partial charge on any atom is -0.493 e. The van der Waals surface area contributed by atoms with Crippen molar-refractivity contribution in [2.24, 2.45) is 11.8 Å². The molecular weight excluding hydrogens is 398 g/mol. The van der Waals surface area contributed by atoms with Gasteiger partial charge in [0.2, 0.25) is 17.6 Å². The van der Waals surface area contributed by atoms with Crippen LogP contribution in [0.25, 0.3) is 0 Å². The minimum atomic E-state index is -0.0509. The molecule has 170 valence electrons. The van der Waals surface area contributed by atoms with Crippen LogP contribution in [-0.2, 0) is 16.1 Å². The zero-order valence-corrected chi connectivity index (χ0v) is 18.9. The highest BCUT2D eigenvalue weighted by molar-refractivity contribution is 6.05. The van der Waals surface area contributed by atoms with E-state index in [-0.39, 0.29) is 23.7 Å². The van der Waals surface area contributed by atoms with Crippen LogP contribution >= 0.6 is 0 Å². The summed E-state index contributed by atoms with van der Waals surface area (Å²) in [5, 5.41) is 0. The number of rotatable bonds is 7. The molecule has 1 saturated carbocycles. The van der Waals surface area contributed by atoms with Crippen LogP contribution in [0.15, 0.2) is 12.1 Å². The molecule has 1 aliphatic carbocycles. The molecule has 1 aromatic rings. The number of benzene rings is 1. The lowest BCUT2D eigenvalue weighted by Crippen LogP contribution is -3.28. The molecule has 2 heterocycles. The zero-order valence-electron chi connectivity index (χ0n) is 18.9. The number of hydrogen-bond donors (Lipinski definition) is 2. The summed E-state index contributed by atoms with van der Waals surface area (Å²) in [5.41, 5.74) is 1.09. The molecular formula is C23H35N3O5+2. The van der Waals surface area contributed by atoms with E-state index in [9.17, 15) is 9.59 Å². The van der Waals surface area contributed by atoms with Gasteiger partial charge in [0.25, 0.3) is 0 Å². The topological polar surface area (TPSA) is 74.0 Å². The van der Waals surface area contributed by atoms with Crippen molar-refractivity contribution in [1.82, 2.24) is 4.90 Å². The van der Waals surface area contributed by atoms with Crippen molar-refractivity contribution in [3.05, 3.63) is 17.7 Å². The highest BCUT2D eigenvalue weighted by Gasteiger charge is 2.49. The van der Waals surface area contributed by atoms with E-state index in [1.807, 2.05) is 12.1 Å². The predicted octanol–water partition coefficient (Wildman–Crippen LogP) is -0.871. The number of imide groups is 1. The molecule has 2 atom stereocenters. The van der Waals surface area contributed by atoms with Crippen molar-refractivity contribution >= 4 is 11.8 Å². The Hall–Kier alpha value is -2.32. The van der Waals surface area contributed by atoms with E-state index in [1.54, 1.807) is 26.2 Å². The lowest BCUT2D eigenvalue weighted by molar-refractivity contribution is -1.02. The van der Waals surface area contributed by atoms with E-state index < -0.39 is 0 Å². The van der Waals surface area contributed by atoms with Gasteiger partial charge in [-0.1, -0.05) is 12.8 Å². The second kappa shape index (κ2) is 9.44. The fourth-order valence-electron chi connectivity index (χ4n) is 5.47. The molecule has 3 aliphatic rings. The van der Waals surface area contributed by atoms with Crippen LogP contribution < -0.4 is 24.0 Å². The first kappa shape index (κ1) is 21.9. The van der Waals surface area contributed by atoms with Crippen LogP contribution in [0.1, 0.15) is 31.2 Å². The van der Waals surface area contributed by atoms with Gasteiger partial charge in [-0.05, 0) is 25.0 Å². The Morgan fingerprint density at radius 3 is 1.97 bits per heavy atom. The SMILES string of the molecule is COc1ccc(C[NH+]2CC[NH+](CN3C(=O)[C@H]4CCCC[C@@H]4C3=O)CC2)c(OC)c1OC. The molecule has 0 spiro atoms. The second-order valence-corrected chi connectivity index (χ2v) is 8.93. The van der Waals surface area contributed by atoms with Crippen molar-refractivity contribution in [2.45, 2.75) is 32.2 Å². The molecule has 0 unspecified atom stereocenters. The average molecular weight is 434 g/mol. The summed E-state index contributed by atoms with van der Waals surface area (Å²) < 4.78 is 16.5. The van der Waals surface area contributed by atoms with Gasteiger partial charge in [0.1, 0.15) is 32.7 Å². The third-order valence-electron chi connectivity index (χ3n) is 7.20. The van der Waals surface area contributed by atoms with Crippen molar-refractivity contribution in [3.8, 4) is 17.2 Å². The molecule has 8 nitrogen and oxygen atoms in total. The van der Waals surface area contributed by atoms with Crippen LogP contribution in [0.3, 0.4) is 0 Å². The highest BCUT2D eigenvalue weighted by atomic mass is 16.5. The number of carbonyl (C=O) groups is 2. The summed E-state index contributed by atoms with van der Waals surface area (Å²) in [4.78, 5) is 29.9. The molecule has 8 heteroatoms. The van der Waals surface area contributed by atoms with E-state index in [1.165, 1.54) is 9.80 Å². The fraction of sp³-hybridized carbons (Fsp3) is 0.652. The Labute approximate surface area is 184 Å². The van der Waals surface area contributed by atoms with E-state index in [0.29, 0.717) is 18.2 Å². The monoisotopic (exact) mass is 433 g/mol. The number of nitrogens with zero attached hydrogens (tertiary/aromatic N) is 1. The van der Waals surface area contributed by atoms with Crippen molar-refractivity contribution in [2.75, 3.05) is 54.2 Å². The standard InChI is InChI=1S/C23H33N3O5/c1-29-19-9-8-16(20(30-2)21(19)31-3)14-24-10-12-25(13-11-24)15-26-22(27)17-6-4-5-7-18(17)23(26)28/h8-9,17-18H,4-7,10-15H2,1-3H3/p+2/t17-,18-/m0/s1. The number of hydrogen-bond acceptors (Lipinski definition) is 5. The third kappa shape index (κ3) is 4.23. The molecule has 0 bridgehead atoms. The van der Waals surface area contributed by atoms with Gasteiger partial charge in [0, 0.05) is 0 Å². The van der Waals surface area contributed by atoms with Gasteiger partial charge >= 0.3 is 0 Å². The van der Waals surface area contributed by atoms with E-state index >= 15 is 0 Å². The van der Waals surface area contributed by atoms with Crippen LogP contribution in [-0.4, -0.2) is 70.9 Å². The summed E-state index contributed by atoms with van der Waals surface area (Å²) in [7, 11) is 4.89. The first-order valence-electron chi connectivity index (χ1n) is 11.4. The molecule has 2 aliphatic heterocycles. The van der Waals surface area contributed by atoms with Crippen molar-refractivity contribution < 1.29 is 33.6 Å². The summed E-state index contributed by atoms with van der Waals surface area (Å²) in [5.74, 6) is 2.06. The first-order valence-corrected chi connectivity index (χ1v) is 11.4. The van der Waals surface area contributed by atoms with Crippen molar-refractivity contribution in [3.63, 3.8) is 0 Å². The molecule has 1 aromatic carbocycles. The van der Waals surface area contributed by atoms with Crippen molar-refractivity contribution in [1.29, 1.82) is 0 Å². The van der Waals surface area contributed by atoms with Gasteiger partial charge < -0.3 is 24.0 Å². The van der Waals surface area contributed by atoms with Gasteiger partial charge in [0.15, 0.2) is 18.2 Å². The maximum atomic E-state index is 12.8. The molecule has 0 radical (unpaired) electrons. The van der Waals surface area contributed by atoms with Gasteiger partial charge in [-0.3, -0.25) is 9.59 Å². The van der Waals surface area contributed by atoms with Crippen LogP contribution in [0.2, 0.25) is 0 Å². The third-order valence-corrected chi connectivity index (χ3v) is 7.20. The number of methoxy groups -OCH3 is 3. The maximum absolute atomic E-state index is 12.8. The largest absolute Gasteiger partial charge is 0.493 e. The summed E-state index contributed by atoms with van der Waals surface area (Å²) >= 11 is 0. The van der Waals surface area contributed by atoms with Gasteiger partial charge in [0.05, 0.1) is 38.7 Å². The number of quaternary nitrogens is 2. The summed E-state index contributed by atoms with van der Waals surface area (Å²) in [6.07, 6.45) is 3.91. The smallest absolute Gasteiger partial charge is 0.237 e. The fourth-order valence-corrected chi connectivity index (χ4v) is 5.47. The number of piperazine rings is 1. The highest BCUT2D eigenvalue weighted by Crippen LogP contribution is 2.39. The Bertz CT molecular complexity index is 798. The van der Waals surface area contributed by atoms with E-state index in [0.717, 1.165) is 69.7 Å². The number of nitrogens with one attached hydrogen (secondary N) is 2. The molecule has 0 aromatic heterocycles. The van der Waals surface area contributed by atoms with Crippen LogP contribution in [0.4, 0.5) is 0 Å². The number of fused-ring (bicyclic) bond motifs is 1. The molecule has 2 N–H and O–H groups in total. The Kier molecular flexibility index (Phi) is 6.67. The van der Waals surface area contributed by atoms with Crippen LogP contribution in [0, 0.1) is 11.8 Å². The predicted molar refractivity (Wildman–Crippen MR) is 113 cm³/mol. The minimum absolute atomic E-state index is 0.0509. The molecule has 4 rings (SSSR count). The molecule has 2 amide bonds. The number of carbonyl (C=O) groups excluding carboxylic acids is 2. The number of ether oxygens (including phenoxy) is 3. The zero-order chi connectivity index (χ0) is 22.0. The Morgan fingerprint density at radius 2 is 1.42 bits per heavy atom. The maximum Gasteiger partial charge on any atom is 0.237 e. The lowest BCUT2D eigenvalue weighted by atomic mass is 9.81. The Balaban J connectivity index is 1.34. The first-order chi connectivity index (χ1) is 15.1. The quantitative estimate of drug-likeness (QED) is 0.547. The number of amides is 2. The lowest BCUT2D eigenvalue weighted by Gasteiger charge is -2.31. The van der Waals surface area contributed by atoms with E-state index in [2.05, 4.69) is 0 Å². The van der Waals surface area contributed by atoms with Crippen LogP contribution in [0.5, 0.6) is 17.2 Å². The summed E-state index contributed by atoms with van der Waals surface area (Å²) in [6, 6.07) is 3.96. The normalized spacial score (nSPS) is 28.4. The number of likely N-dealkylation sites (tertiary alicyclic amines) is 1. The second-order valence-electron chi connectivity index (χ2n) is 8.93. The van der Waals surface area contributed by atoms with Gasteiger partial charge in [-0.15, -0.1) is 0 Å².